The van der Waals surface area contributed by atoms with Crippen molar-refractivity contribution in [3.8, 4) is 11.5 Å². The van der Waals surface area contributed by atoms with E-state index in [-0.39, 0.29) is 18.4 Å². The molecule has 0 spiro atoms. The Balaban J connectivity index is 2.03. The van der Waals surface area contributed by atoms with E-state index in [1.807, 2.05) is 49.4 Å². The summed E-state index contributed by atoms with van der Waals surface area (Å²) >= 11 is 0. The second-order valence-corrected chi connectivity index (χ2v) is 6.28. The maximum absolute atomic E-state index is 12.4. The minimum atomic E-state index is -0.294. The van der Waals surface area contributed by atoms with Crippen molar-refractivity contribution in [2.75, 3.05) is 26.1 Å². The predicted octanol–water partition coefficient (Wildman–Crippen LogP) is 3.72. The summed E-state index contributed by atoms with van der Waals surface area (Å²) in [6, 6.07) is 12.9. The molecule has 1 N–H and O–H groups in total. The second-order valence-electron chi connectivity index (χ2n) is 6.28. The number of rotatable bonds is 8. The topological polar surface area (TPSA) is 67.9 Å². The average Bonchev–Trinajstić information content (AvgIpc) is 2.68. The predicted molar refractivity (Wildman–Crippen MR) is 110 cm³/mol. The number of nitrogens with zero attached hydrogens (tertiary/aromatic N) is 1. The third-order valence-corrected chi connectivity index (χ3v) is 4.14. The average molecular weight is 382 g/mol. The molecule has 2 rings (SSSR count). The number of amides is 2. The number of carbonyl (C=O) groups is 2. The van der Waals surface area contributed by atoms with Crippen LogP contribution in [0.3, 0.4) is 0 Å². The van der Waals surface area contributed by atoms with Crippen LogP contribution >= 0.6 is 0 Å². The molecule has 28 heavy (non-hydrogen) atoms. The minimum Gasteiger partial charge on any atom is -0.493 e. The summed E-state index contributed by atoms with van der Waals surface area (Å²) < 4.78 is 11.0. The molecule has 0 aliphatic carbocycles. The molecule has 0 radical (unpaired) electrons. The van der Waals surface area contributed by atoms with Crippen LogP contribution in [0.15, 0.2) is 48.5 Å². The molecule has 148 valence electrons. The van der Waals surface area contributed by atoms with Gasteiger partial charge in [0.2, 0.25) is 5.91 Å². The van der Waals surface area contributed by atoms with Gasteiger partial charge in [-0.2, -0.15) is 0 Å². The van der Waals surface area contributed by atoms with E-state index in [0.717, 1.165) is 11.1 Å². The van der Waals surface area contributed by atoms with Crippen LogP contribution in [0.2, 0.25) is 0 Å². The highest BCUT2D eigenvalue weighted by molar-refractivity contribution is 5.92. The Labute approximate surface area is 165 Å². The van der Waals surface area contributed by atoms with Crippen LogP contribution in [0, 0.1) is 0 Å². The van der Waals surface area contributed by atoms with E-state index >= 15 is 0 Å². The first-order valence-electron chi connectivity index (χ1n) is 8.97. The van der Waals surface area contributed by atoms with Gasteiger partial charge in [0.25, 0.3) is 5.91 Å². The van der Waals surface area contributed by atoms with Gasteiger partial charge in [-0.25, -0.2) is 0 Å². The summed E-state index contributed by atoms with van der Waals surface area (Å²) in [5, 5.41) is 2.84. The first-order valence-corrected chi connectivity index (χ1v) is 8.97. The van der Waals surface area contributed by atoms with Crippen molar-refractivity contribution in [2.45, 2.75) is 20.4 Å². The van der Waals surface area contributed by atoms with Gasteiger partial charge in [-0.05, 0) is 36.2 Å². The summed E-state index contributed by atoms with van der Waals surface area (Å²) in [4.78, 5) is 25.4. The van der Waals surface area contributed by atoms with E-state index in [2.05, 4.69) is 5.32 Å². The summed E-state index contributed by atoms with van der Waals surface area (Å²) in [5.41, 5.74) is 2.49. The zero-order chi connectivity index (χ0) is 20.5. The van der Waals surface area contributed by atoms with Gasteiger partial charge >= 0.3 is 0 Å². The maximum Gasteiger partial charge on any atom is 0.262 e. The highest BCUT2D eigenvalue weighted by Gasteiger charge is 2.12. The van der Waals surface area contributed by atoms with Gasteiger partial charge < -0.3 is 19.7 Å². The van der Waals surface area contributed by atoms with Crippen molar-refractivity contribution >= 4 is 23.6 Å². The molecule has 6 heteroatoms. The Hall–Kier alpha value is -3.28. The van der Waals surface area contributed by atoms with E-state index in [1.165, 1.54) is 6.92 Å². The lowest BCUT2D eigenvalue weighted by Crippen LogP contribution is -2.25. The number of carbonyl (C=O) groups excluding carboxylic acids is 2. The van der Waals surface area contributed by atoms with Crippen LogP contribution in [-0.4, -0.2) is 37.5 Å². The van der Waals surface area contributed by atoms with Crippen LogP contribution in [-0.2, 0) is 16.1 Å². The molecule has 0 heterocycles. The minimum absolute atomic E-state index is 0.0436. The van der Waals surface area contributed by atoms with Crippen molar-refractivity contribution < 1.29 is 19.1 Å². The lowest BCUT2D eigenvalue weighted by molar-refractivity contribution is -0.128. The van der Waals surface area contributed by atoms with Gasteiger partial charge in [0.15, 0.2) is 18.1 Å². The quantitative estimate of drug-likeness (QED) is 0.755. The van der Waals surface area contributed by atoms with E-state index in [0.29, 0.717) is 23.7 Å². The fraction of sp³-hybridized carbons (Fsp3) is 0.273. The number of hydrogen-bond acceptors (Lipinski definition) is 4. The molecule has 0 saturated carbocycles. The molecule has 0 aromatic heterocycles. The molecule has 0 atom stereocenters. The fourth-order valence-electron chi connectivity index (χ4n) is 2.58. The number of anilines is 1. The molecule has 0 unspecified atom stereocenters. The number of nitrogens with one attached hydrogen (secondary N) is 1. The Morgan fingerprint density at radius 1 is 1.14 bits per heavy atom. The lowest BCUT2D eigenvalue weighted by atomic mass is 10.1. The molecule has 0 bridgehead atoms. The molecule has 0 saturated heterocycles. The maximum atomic E-state index is 12.4. The number of para-hydroxylation sites is 1. The lowest BCUT2D eigenvalue weighted by Gasteiger charge is -2.18. The first-order chi connectivity index (χ1) is 13.4. The normalized spacial score (nSPS) is 10.6. The zero-order valence-corrected chi connectivity index (χ0v) is 16.7. The number of methoxy groups -OCH3 is 1. The molecule has 6 nitrogen and oxygen atoms in total. The highest BCUT2D eigenvalue weighted by atomic mass is 16.5. The van der Waals surface area contributed by atoms with E-state index in [4.69, 9.17) is 9.47 Å². The Bertz CT molecular complexity index is 861. The fourth-order valence-corrected chi connectivity index (χ4v) is 2.58. The SMILES string of the molecule is C/C=C/c1ccc(OCC(=O)Nc2ccccc2CN(C)C(C)=O)c(OC)c1. The van der Waals surface area contributed by atoms with Gasteiger partial charge in [0, 0.05) is 26.2 Å². The van der Waals surface area contributed by atoms with E-state index in [1.54, 1.807) is 31.2 Å². The smallest absolute Gasteiger partial charge is 0.262 e. The number of ether oxygens (including phenoxy) is 2. The first kappa shape index (κ1) is 21.0. The zero-order valence-electron chi connectivity index (χ0n) is 16.7. The number of benzene rings is 2. The molecular formula is C22H26N2O4. The van der Waals surface area contributed by atoms with Crippen molar-refractivity contribution in [3.63, 3.8) is 0 Å². The Morgan fingerprint density at radius 3 is 2.57 bits per heavy atom. The van der Waals surface area contributed by atoms with Crippen LogP contribution in [0.1, 0.15) is 25.0 Å². The second kappa shape index (κ2) is 10.2. The summed E-state index contributed by atoms with van der Waals surface area (Å²) in [7, 11) is 3.27. The molecular weight excluding hydrogens is 356 g/mol. The number of allylic oxidation sites excluding steroid dienone is 1. The van der Waals surface area contributed by atoms with Crippen molar-refractivity contribution in [1.29, 1.82) is 0 Å². The standard InChI is InChI=1S/C22H26N2O4/c1-5-8-17-11-12-20(21(13-17)27-4)28-15-22(26)23-19-10-7-6-9-18(19)14-24(3)16(2)25/h5-13H,14-15H2,1-4H3,(H,23,26)/b8-5+. The molecule has 2 amide bonds. The monoisotopic (exact) mass is 382 g/mol. The van der Waals surface area contributed by atoms with Gasteiger partial charge in [0.05, 0.1) is 7.11 Å². The molecule has 0 fully saturated rings. The van der Waals surface area contributed by atoms with Crippen LogP contribution in [0.5, 0.6) is 11.5 Å². The van der Waals surface area contributed by atoms with E-state index in [9.17, 15) is 9.59 Å². The molecule has 0 aliphatic heterocycles. The van der Waals surface area contributed by atoms with Gasteiger partial charge in [-0.1, -0.05) is 36.4 Å². The van der Waals surface area contributed by atoms with Gasteiger partial charge in [-0.15, -0.1) is 0 Å². The summed E-state index contributed by atoms with van der Waals surface area (Å²) in [6.07, 6.45) is 3.89. The summed E-state index contributed by atoms with van der Waals surface area (Å²) in [6.45, 7) is 3.69. The van der Waals surface area contributed by atoms with Crippen molar-refractivity contribution in [1.82, 2.24) is 4.90 Å². The highest BCUT2D eigenvalue weighted by Crippen LogP contribution is 2.28. The van der Waals surface area contributed by atoms with Crippen LogP contribution in [0.4, 0.5) is 5.69 Å². The van der Waals surface area contributed by atoms with Crippen LogP contribution in [0.25, 0.3) is 6.08 Å². The van der Waals surface area contributed by atoms with Crippen LogP contribution < -0.4 is 14.8 Å². The largest absolute Gasteiger partial charge is 0.493 e. The third-order valence-electron chi connectivity index (χ3n) is 4.14. The van der Waals surface area contributed by atoms with Crippen molar-refractivity contribution in [3.05, 3.63) is 59.7 Å². The van der Waals surface area contributed by atoms with Crippen molar-refractivity contribution in [2.24, 2.45) is 0 Å². The summed E-state index contributed by atoms with van der Waals surface area (Å²) in [5.74, 6) is 0.720. The number of hydrogen-bond donors (Lipinski definition) is 1. The molecule has 2 aromatic rings. The van der Waals surface area contributed by atoms with E-state index < -0.39 is 0 Å². The van der Waals surface area contributed by atoms with Gasteiger partial charge in [-0.3, -0.25) is 9.59 Å². The molecule has 0 aliphatic rings. The van der Waals surface area contributed by atoms with Gasteiger partial charge in [0.1, 0.15) is 0 Å². The third kappa shape index (κ3) is 5.87. The Morgan fingerprint density at radius 2 is 1.89 bits per heavy atom. The Kier molecular flexibility index (Phi) is 7.63. The molecule has 2 aromatic carbocycles.